The number of benzene rings is 1. The van der Waals surface area contributed by atoms with Gasteiger partial charge in [0, 0.05) is 20.1 Å². The Kier molecular flexibility index (Phi) is 5.65. The summed E-state index contributed by atoms with van der Waals surface area (Å²) >= 11 is 0. The first-order chi connectivity index (χ1) is 12.1. The molecule has 0 aliphatic carbocycles. The number of likely N-dealkylation sites (N-methyl/N-ethyl adjacent to an activating group) is 1. The second kappa shape index (κ2) is 7.93. The number of likely N-dealkylation sites (tertiary alicyclic amines) is 1. The third-order valence-electron chi connectivity index (χ3n) is 4.86. The van der Waals surface area contributed by atoms with Gasteiger partial charge in [0.05, 0.1) is 19.2 Å². The van der Waals surface area contributed by atoms with Crippen molar-refractivity contribution in [3.05, 3.63) is 35.6 Å². The predicted octanol–water partition coefficient (Wildman–Crippen LogP) is 0.764. The number of carbonyl (C=O) groups is 2. The van der Waals surface area contributed by atoms with Gasteiger partial charge in [-0.1, -0.05) is 12.1 Å². The van der Waals surface area contributed by atoms with Gasteiger partial charge in [-0.25, -0.2) is 4.39 Å². The Balaban J connectivity index is 1.64. The van der Waals surface area contributed by atoms with E-state index in [1.165, 1.54) is 12.1 Å². The maximum Gasteiger partial charge on any atom is 0.250 e. The van der Waals surface area contributed by atoms with Crippen LogP contribution in [-0.2, 0) is 20.9 Å². The molecule has 6 nitrogen and oxygen atoms in total. The Hall–Kier alpha value is -1.99. The van der Waals surface area contributed by atoms with Gasteiger partial charge in [0.25, 0.3) is 5.91 Å². The highest BCUT2D eigenvalue weighted by molar-refractivity contribution is 5.85. The number of hydrogen-bond acceptors (Lipinski definition) is 4. The number of nitrogens with zero attached hydrogens (tertiary/aromatic N) is 2. The predicted molar refractivity (Wildman–Crippen MR) is 90.2 cm³/mol. The van der Waals surface area contributed by atoms with Crippen molar-refractivity contribution in [2.45, 2.75) is 31.5 Å². The summed E-state index contributed by atoms with van der Waals surface area (Å²) in [6.07, 6.45) is 1.16. The van der Waals surface area contributed by atoms with Crippen LogP contribution in [0.2, 0.25) is 0 Å². The molecule has 1 aromatic rings. The van der Waals surface area contributed by atoms with E-state index < -0.39 is 6.10 Å². The first-order valence-corrected chi connectivity index (χ1v) is 8.69. The standard InChI is InChI=1S/C18H24FN3O3/c1-20-17(23)16-12-22(9-10-25-16)18(24)15-3-2-8-21(15)11-13-4-6-14(19)7-5-13/h4-7,15-16H,2-3,8-12H2,1H3,(H,20,23)/t15-,16-/m0/s1. The second-order valence-corrected chi connectivity index (χ2v) is 6.51. The van der Waals surface area contributed by atoms with E-state index in [0.717, 1.165) is 24.9 Å². The number of hydrogen-bond donors (Lipinski definition) is 1. The molecule has 2 heterocycles. The van der Waals surface area contributed by atoms with Crippen LogP contribution in [0.15, 0.2) is 24.3 Å². The maximum absolute atomic E-state index is 13.1. The third kappa shape index (κ3) is 4.16. The maximum atomic E-state index is 13.1. The Morgan fingerprint density at radius 3 is 2.76 bits per heavy atom. The van der Waals surface area contributed by atoms with E-state index in [2.05, 4.69) is 10.2 Å². The highest BCUT2D eigenvalue weighted by Gasteiger charge is 2.36. The summed E-state index contributed by atoms with van der Waals surface area (Å²) in [7, 11) is 1.56. The van der Waals surface area contributed by atoms with Gasteiger partial charge in [0.1, 0.15) is 5.82 Å². The molecule has 1 N–H and O–H groups in total. The van der Waals surface area contributed by atoms with Crippen molar-refractivity contribution in [2.75, 3.05) is 33.3 Å². The van der Waals surface area contributed by atoms with Gasteiger partial charge in [-0.05, 0) is 37.1 Å². The molecular weight excluding hydrogens is 325 g/mol. The number of amides is 2. The molecule has 1 aromatic carbocycles. The number of carbonyl (C=O) groups excluding carboxylic acids is 2. The fraction of sp³-hybridized carbons (Fsp3) is 0.556. The molecule has 136 valence electrons. The van der Waals surface area contributed by atoms with E-state index in [4.69, 9.17) is 4.74 Å². The van der Waals surface area contributed by atoms with Crippen LogP contribution in [0.25, 0.3) is 0 Å². The SMILES string of the molecule is CNC(=O)[C@@H]1CN(C(=O)[C@@H]2CCCN2Cc2ccc(F)cc2)CCO1. The molecule has 0 saturated carbocycles. The molecule has 0 spiro atoms. The number of ether oxygens (including phenoxy) is 1. The average Bonchev–Trinajstić information content (AvgIpc) is 3.10. The quantitative estimate of drug-likeness (QED) is 0.872. The van der Waals surface area contributed by atoms with E-state index in [9.17, 15) is 14.0 Å². The van der Waals surface area contributed by atoms with Gasteiger partial charge in [0.2, 0.25) is 5.91 Å². The molecule has 2 amide bonds. The second-order valence-electron chi connectivity index (χ2n) is 6.51. The minimum absolute atomic E-state index is 0.0526. The summed E-state index contributed by atoms with van der Waals surface area (Å²) in [6.45, 7) is 2.64. The molecule has 2 aliphatic heterocycles. The zero-order chi connectivity index (χ0) is 17.8. The van der Waals surface area contributed by atoms with Crippen molar-refractivity contribution in [2.24, 2.45) is 0 Å². The van der Waals surface area contributed by atoms with Crippen LogP contribution in [0.5, 0.6) is 0 Å². The van der Waals surface area contributed by atoms with Crippen LogP contribution in [0.4, 0.5) is 4.39 Å². The van der Waals surface area contributed by atoms with Crippen molar-refractivity contribution in [3.8, 4) is 0 Å². The van der Waals surface area contributed by atoms with E-state index in [-0.39, 0.29) is 23.7 Å². The largest absolute Gasteiger partial charge is 0.365 e. The van der Waals surface area contributed by atoms with Crippen molar-refractivity contribution in [1.82, 2.24) is 15.1 Å². The number of morpholine rings is 1. The highest BCUT2D eigenvalue weighted by Crippen LogP contribution is 2.23. The molecule has 2 atom stereocenters. The summed E-state index contributed by atoms with van der Waals surface area (Å²) < 4.78 is 18.5. The number of rotatable bonds is 4. The van der Waals surface area contributed by atoms with E-state index >= 15 is 0 Å². The van der Waals surface area contributed by atoms with Gasteiger partial charge in [-0.3, -0.25) is 14.5 Å². The minimum Gasteiger partial charge on any atom is -0.365 e. The lowest BCUT2D eigenvalue weighted by Crippen LogP contribution is -2.55. The first kappa shape index (κ1) is 17.8. The average molecular weight is 349 g/mol. The summed E-state index contributed by atoms with van der Waals surface area (Å²) in [5.41, 5.74) is 0.992. The lowest BCUT2D eigenvalue weighted by atomic mass is 10.1. The summed E-state index contributed by atoms with van der Waals surface area (Å²) in [4.78, 5) is 28.6. The van der Waals surface area contributed by atoms with E-state index in [1.54, 1.807) is 24.1 Å². The van der Waals surface area contributed by atoms with Crippen LogP contribution in [0, 0.1) is 5.82 Å². The molecule has 2 aliphatic rings. The molecule has 0 radical (unpaired) electrons. The fourth-order valence-electron chi connectivity index (χ4n) is 3.50. The summed E-state index contributed by atoms with van der Waals surface area (Å²) in [5, 5.41) is 2.57. The van der Waals surface area contributed by atoms with Crippen molar-refractivity contribution in [1.29, 1.82) is 0 Å². The molecule has 2 saturated heterocycles. The first-order valence-electron chi connectivity index (χ1n) is 8.69. The molecular formula is C18H24FN3O3. The van der Waals surface area contributed by atoms with Crippen molar-refractivity contribution in [3.63, 3.8) is 0 Å². The van der Waals surface area contributed by atoms with Gasteiger partial charge in [0.15, 0.2) is 6.10 Å². The summed E-state index contributed by atoms with van der Waals surface area (Å²) in [5.74, 6) is -0.407. The molecule has 2 fully saturated rings. The molecule has 0 bridgehead atoms. The molecule has 0 unspecified atom stereocenters. The topological polar surface area (TPSA) is 61.9 Å². The Labute approximate surface area is 146 Å². The highest BCUT2D eigenvalue weighted by atomic mass is 19.1. The number of nitrogens with one attached hydrogen (secondary N) is 1. The Morgan fingerprint density at radius 2 is 2.04 bits per heavy atom. The van der Waals surface area contributed by atoms with Crippen LogP contribution in [-0.4, -0.2) is 67.0 Å². The van der Waals surface area contributed by atoms with Crippen LogP contribution < -0.4 is 5.32 Å². The van der Waals surface area contributed by atoms with Gasteiger partial charge in [-0.2, -0.15) is 0 Å². The molecule has 3 rings (SSSR count). The van der Waals surface area contributed by atoms with Crippen LogP contribution >= 0.6 is 0 Å². The van der Waals surface area contributed by atoms with Crippen LogP contribution in [0.1, 0.15) is 18.4 Å². The van der Waals surface area contributed by atoms with Gasteiger partial charge in [-0.15, -0.1) is 0 Å². The Bertz CT molecular complexity index is 622. The van der Waals surface area contributed by atoms with Gasteiger partial charge < -0.3 is 15.0 Å². The molecule has 0 aromatic heterocycles. The zero-order valence-electron chi connectivity index (χ0n) is 14.4. The lowest BCUT2D eigenvalue weighted by molar-refractivity contribution is -0.149. The number of halogens is 1. The third-order valence-corrected chi connectivity index (χ3v) is 4.86. The summed E-state index contributed by atoms with van der Waals surface area (Å²) in [6, 6.07) is 6.21. The smallest absolute Gasteiger partial charge is 0.250 e. The lowest BCUT2D eigenvalue weighted by Gasteiger charge is -2.35. The minimum atomic E-state index is -0.602. The Morgan fingerprint density at radius 1 is 1.28 bits per heavy atom. The monoisotopic (exact) mass is 349 g/mol. The van der Waals surface area contributed by atoms with E-state index in [1.807, 2.05) is 0 Å². The fourth-order valence-corrected chi connectivity index (χ4v) is 3.50. The van der Waals surface area contributed by atoms with E-state index in [0.29, 0.717) is 26.2 Å². The zero-order valence-corrected chi connectivity index (χ0v) is 14.4. The van der Waals surface area contributed by atoms with Crippen molar-refractivity contribution >= 4 is 11.8 Å². The van der Waals surface area contributed by atoms with Gasteiger partial charge >= 0.3 is 0 Å². The molecule has 25 heavy (non-hydrogen) atoms. The normalized spacial score (nSPS) is 24.3. The van der Waals surface area contributed by atoms with Crippen molar-refractivity contribution < 1.29 is 18.7 Å². The van der Waals surface area contributed by atoms with Crippen LogP contribution in [0.3, 0.4) is 0 Å². The molecule has 7 heteroatoms.